The number of aromatic nitrogens is 1. The van der Waals surface area contributed by atoms with Gasteiger partial charge in [-0.05, 0) is 71.3 Å². The first-order valence-corrected chi connectivity index (χ1v) is 15.8. The van der Waals surface area contributed by atoms with Crippen molar-refractivity contribution < 1.29 is 24.7 Å². The molecule has 8 nitrogen and oxygen atoms in total. The van der Waals surface area contributed by atoms with E-state index in [-0.39, 0.29) is 5.69 Å². The lowest BCUT2D eigenvalue weighted by atomic mass is 9.98. The van der Waals surface area contributed by atoms with Gasteiger partial charge >= 0.3 is 0 Å². The molecule has 0 atom stereocenters. The summed E-state index contributed by atoms with van der Waals surface area (Å²) in [5, 5.41) is 16.5. The third-order valence-electron chi connectivity index (χ3n) is 7.58. The Kier molecular flexibility index (Phi) is 10.1. The highest BCUT2D eigenvalue weighted by molar-refractivity contribution is 7.21. The van der Waals surface area contributed by atoms with Gasteiger partial charge in [0.05, 0.1) is 36.5 Å². The Morgan fingerprint density at radius 2 is 1.87 bits per heavy atom. The molecule has 1 aliphatic heterocycles. The number of aromatic carboxylic acids is 1. The molecular weight excluding hydrogens is 586 g/mol. The van der Waals surface area contributed by atoms with Crippen molar-refractivity contribution in [1.82, 2.24) is 4.40 Å². The number of thiazole rings is 1. The molecule has 45 heavy (non-hydrogen) atoms. The molecule has 3 aromatic carbocycles. The fraction of sp³-hybridized carbons (Fsp3) is 0.250. The van der Waals surface area contributed by atoms with Crippen LogP contribution in [-0.4, -0.2) is 30.4 Å². The Morgan fingerprint density at radius 3 is 2.53 bits per heavy atom. The minimum atomic E-state index is -1.42. The smallest absolute Gasteiger partial charge is 0.256 e. The third-order valence-corrected chi connectivity index (χ3v) is 8.77. The van der Waals surface area contributed by atoms with E-state index < -0.39 is 11.5 Å². The number of hydrogen-bond donors (Lipinski definition) is 1. The molecule has 1 aliphatic rings. The second-order valence-corrected chi connectivity index (χ2v) is 12.3. The van der Waals surface area contributed by atoms with Gasteiger partial charge in [0.25, 0.3) is 5.56 Å². The van der Waals surface area contributed by atoms with Crippen LogP contribution in [0.2, 0.25) is 0 Å². The maximum absolute atomic E-state index is 13.4. The predicted octanol–water partition coefficient (Wildman–Crippen LogP) is 5.33. The van der Waals surface area contributed by atoms with Crippen LogP contribution < -0.4 is 25.5 Å². The van der Waals surface area contributed by atoms with Crippen molar-refractivity contribution in [2.45, 2.75) is 40.0 Å². The van der Waals surface area contributed by atoms with Crippen LogP contribution in [0.4, 0.5) is 0 Å². The van der Waals surface area contributed by atoms with E-state index in [1.165, 1.54) is 21.8 Å². The number of nitrogens with two attached hydrogens (primary N) is 1. The molecule has 232 valence electrons. The fourth-order valence-electron chi connectivity index (χ4n) is 5.42. The van der Waals surface area contributed by atoms with Gasteiger partial charge in [0.2, 0.25) is 0 Å². The summed E-state index contributed by atoms with van der Waals surface area (Å²) in [4.78, 5) is 30.4. The van der Waals surface area contributed by atoms with E-state index in [1.54, 1.807) is 19.6 Å². The summed E-state index contributed by atoms with van der Waals surface area (Å²) < 4.78 is 13.0. The van der Waals surface area contributed by atoms with Gasteiger partial charge < -0.3 is 19.4 Å². The van der Waals surface area contributed by atoms with Crippen molar-refractivity contribution in [3.8, 4) is 21.9 Å². The van der Waals surface area contributed by atoms with Crippen LogP contribution in [0.3, 0.4) is 0 Å². The summed E-state index contributed by atoms with van der Waals surface area (Å²) in [6, 6.07) is 21.2. The third kappa shape index (κ3) is 7.16. The van der Waals surface area contributed by atoms with Gasteiger partial charge in [-0.3, -0.25) is 14.5 Å². The number of carboxylic acids is 1. The number of pyridine rings is 1. The minimum absolute atomic E-state index is 0.176. The number of carbonyl (C=O) groups is 1. The number of rotatable bonds is 10. The van der Waals surface area contributed by atoms with Crippen LogP contribution in [0.25, 0.3) is 26.0 Å². The number of hydrogen-bond acceptors (Lipinski definition) is 7. The fourth-order valence-corrected chi connectivity index (χ4v) is 6.71. The van der Waals surface area contributed by atoms with Gasteiger partial charge in [-0.2, -0.15) is 0 Å². The zero-order valence-electron chi connectivity index (χ0n) is 25.9. The number of aliphatic imine (C=N–C) groups is 1. The van der Waals surface area contributed by atoms with Crippen LogP contribution in [-0.2, 0) is 6.42 Å². The van der Waals surface area contributed by atoms with E-state index >= 15 is 0 Å². The predicted molar refractivity (Wildman–Crippen MR) is 178 cm³/mol. The molecule has 0 radical (unpaired) electrons. The van der Waals surface area contributed by atoms with Crippen LogP contribution in [0.1, 0.15) is 53.9 Å². The number of fused-ring (bicyclic) bond motifs is 2. The van der Waals surface area contributed by atoms with Gasteiger partial charge in [-0.1, -0.05) is 56.3 Å². The van der Waals surface area contributed by atoms with E-state index in [0.29, 0.717) is 45.5 Å². The number of aryl methyl sites for hydroxylation is 1. The average molecular weight is 624 g/mol. The van der Waals surface area contributed by atoms with Crippen molar-refractivity contribution in [3.05, 3.63) is 112 Å². The zero-order valence-corrected chi connectivity index (χ0v) is 26.7. The van der Waals surface area contributed by atoms with E-state index in [9.17, 15) is 14.7 Å². The Labute approximate surface area is 266 Å². The number of quaternary nitrogens is 1. The quantitative estimate of drug-likeness (QED) is 0.212. The van der Waals surface area contributed by atoms with Crippen molar-refractivity contribution in [2.24, 2.45) is 10.9 Å². The molecule has 0 saturated carbocycles. The van der Waals surface area contributed by atoms with E-state index in [1.807, 2.05) is 60.9 Å². The highest BCUT2D eigenvalue weighted by atomic mass is 32.1. The summed E-state index contributed by atoms with van der Waals surface area (Å²) in [7, 11) is 1.54. The highest BCUT2D eigenvalue weighted by Crippen LogP contribution is 2.39. The molecule has 0 fully saturated rings. The number of benzene rings is 3. The molecule has 0 aliphatic carbocycles. The van der Waals surface area contributed by atoms with E-state index in [2.05, 4.69) is 37.0 Å². The molecule has 2 aromatic heterocycles. The number of carboxylic acid groups (broad SMARTS) is 1. The van der Waals surface area contributed by atoms with E-state index in [4.69, 9.17) is 9.47 Å². The summed E-state index contributed by atoms with van der Waals surface area (Å²) in [5.74, 6) is 0.443. The second kappa shape index (κ2) is 14.4. The zero-order chi connectivity index (χ0) is 31.9. The average Bonchev–Trinajstić information content (AvgIpc) is 3.73. The van der Waals surface area contributed by atoms with Crippen LogP contribution in [0.15, 0.2) is 88.9 Å². The van der Waals surface area contributed by atoms with Gasteiger partial charge in [0.15, 0.2) is 12.1 Å². The number of carbonyl (C=O) groups excluding carboxylic acids is 1. The molecule has 6 rings (SSSR count). The lowest BCUT2D eigenvalue weighted by Gasteiger charge is -2.13. The Morgan fingerprint density at radius 1 is 1.07 bits per heavy atom. The van der Waals surface area contributed by atoms with Crippen molar-refractivity contribution in [2.75, 3.05) is 13.7 Å². The topological polar surface area (TPSA) is 109 Å². The molecule has 5 aromatic rings. The Hall–Kier alpha value is -4.73. The maximum atomic E-state index is 13.4. The van der Waals surface area contributed by atoms with Crippen molar-refractivity contribution in [3.63, 3.8) is 0 Å². The van der Waals surface area contributed by atoms with Crippen molar-refractivity contribution in [1.29, 1.82) is 0 Å². The summed E-state index contributed by atoms with van der Waals surface area (Å²) in [6.07, 6.45) is 7.91. The monoisotopic (exact) mass is 623 g/mol. The van der Waals surface area contributed by atoms with Gasteiger partial charge in [0, 0.05) is 18.1 Å². The van der Waals surface area contributed by atoms with Gasteiger partial charge in [-0.15, -0.1) is 11.3 Å². The summed E-state index contributed by atoms with van der Waals surface area (Å²) in [6.45, 7) is 6.93. The molecule has 3 heterocycles. The van der Waals surface area contributed by atoms with Crippen LogP contribution >= 0.6 is 11.3 Å². The molecular formula is C36H37N3O5S. The SMILES string of the molecule is C1=C[NH2+]C=N1.COc1c(Cc2cccc3ccccc23)cc(=O)n2c(C(=O)[O-])c(-c3ccc(OCCCC(C)C)c(C)c3)sc12. The van der Waals surface area contributed by atoms with Crippen molar-refractivity contribution >= 4 is 39.2 Å². The number of ether oxygens (including phenoxy) is 2. The maximum Gasteiger partial charge on any atom is 0.256 e. The first-order chi connectivity index (χ1) is 21.8. The molecule has 0 amide bonds. The number of nitrogens with zero attached hydrogens (tertiary/aromatic N) is 2. The lowest BCUT2D eigenvalue weighted by Crippen LogP contribution is -2.74. The number of methoxy groups -OCH3 is 1. The molecule has 2 N–H and O–H groups in total. The normalized spacial score (nSPS) is 12.1. The Bertz CT molecular complexity index is 1940. The summed E-state index contributed by atoms with van der Waals surface area (Å²) in [5.41, 5.74) is 2.70. The van der Waals surface area contributed by atoms with Gasteiger partial charge in [0.1, 0.15) is 16.8 Å². The largest absolute Gasteiger partial charge is 0.543 e. The van der Waals surface area contributed by atoms with Gasteiger partial charge in [-0.25, -0.2) is 4.99 Å². The minimum Gasteiger partial charge on any atom is -0.543 e. The summed E-state index contributed by atoms with van der Waals surface area (Å²) >= 11 is 1.21. The van der Waals surface area contributed by atoms with Crippen LogP contribution in [0, 0.1) is 12.8 Å². The second-order valence-electron chi connectivity index (χ2n) is 11.3. The first-order valence-electron chi connectivity index (χ1n) is 15.0. The van der Waals surface area contributed by atoms with E-state index in [0.717, 1.165) is 40.5 Å². The molecule has 9 heteroatoms. The first kappa shape index (κ1) is 31.7. The Balaban J connectivity index is 0.000000729. The highest BCUT2D eigenvalue weighted by Gasteiger charge is 2.22. The lowest BCUT2D eigenvalue weighted by molar-refractivity contribution is -0.447. The molecule has 0 unspecified atom stereocenters. The molecule has 0 bridgehead atoms. The standard InChI is InChI=1S/C33H33NO5S.C3H4N2/c1-20(2)9-8-16-39-27-15-14-24(17-21(27)3)31-29(33(36)37)34-28(35)19-25(30(38-4)32(34)40-31)18-23-12-7-11-22-10-5-6-13-26(22)23;1-2-5-3-4-1/h5-7,10-15,17,19-20H,8-9,16,18H2,1-4H3,(H,36,37);1-3H,(H,4,5). The van der Waals surface area contributed by atoms with Crippen LogP contribution in [0.5, 0.6) is 11.5 Å². The molecule has 0 spiro atoms. The molecule has 0 saturated heterocycles.